The van der Waals surface area contributed by atoms with Crippen molar-refractivity contribution in [2.75, 3.05) is 32.9 Å². The summed E-state index contributed by atoms with van der Waals surface area (Å²) >= 11 is 0. The number of morpholine rings is 1. The molecule has 94 valence electrons. The highest BCUT2D eigenvalue weighted by Gasteiger charge is 2.17. The maximum absolute atomic E-state index is 11.8. The Morgan fingerprint density at radius 3 is 2.94 bits per heavy atom. The largest absolute Gasteiger partial charge is 0.480 e. The van der Waals surface area contributed by atoms with Crippen LogP contribution in [0.1, 0.15) is 6.92 Å². The molecular formula is C11H17N3O3. The standard InChI is InChI=1S/C11H17N3O3/c1-2-14-8-10(7-12-14)17-9-11(15)13-3-5-16-6-4-13/h7-8H,2-6,9H2,1H3. The Morgan fingerprint density at radius 1 is 1.53 bits per heavy atom. The number of carbonyl (C=O) groups is 1. The Kier molecular flexibility index (Phi) is 3.98. The Bertz CT molecular complexity index is 372. The molecule has 2 heterocycles. The van der Waals surface area contributed by atoms with Gasteiger partial charge in [0.1, 0.15) is 0 Å². The Morgan fingerprint density at radius 2 is 2.29 bits per heavy atom. The first-order valence-electron chi connectivity index (χ1n) is 5.80. The summed E-state index contributed by atoms with van der Waals surface area (Å²) < 4.78 is 12.3. The number of carbonyl (C=O) groups excluding carboxylic acids is 1. The van der Waals surface area contributed by atoms with Crippen LogP contribution in [-0.4, -0.2) is 53.5 Å². The van der Waals surface area contributed by atoms with E-state index in [1.165, 1.54) is 0 Å². The molecule has 1 saturated heterocycles. The molecule has 1 amide bonds. The topological polar surface area (TPSA) is 56.6 Å². The number of nitrogens with zero attached hydrogens (tertiary/aromatic N) is 3. The molecule has 2 rings (SSSR count). The minimum atomic E-state index is -0.00227. The van der Waals surface area contributed by atoms with Crippen molar-refractivity contribution in [1.29, 1.82) is 0 Å². The quantitative estimate of drug-likeness (QED) is 0.750. The molecule has 17 heavy (non-hydrogen) atoms. The Hall–Kier alpha value is -1.56. The number of aryl methyl sites for hydroxylation is 1. The van der Waals surface area contributed by atoms with Gasteiger partial charge in [-0.15, -0.1) is 0 Å². The van der Waals surface area contributed by atoms with E-state index in [0.717, 1.165) is 6.54 Å². The van der Waals surface area contributed by atoms with Gasteiger partial charge in [0.25, 0.3) is 5.91 Å². The molecule has 1 aliphatic rings. The van der Waals surface area contributed by atoms with E-state index in [-0.39, 0.29) is 12.5 Å². The average Bonchev–Trinajstić information content (AvgIpc) is 2.85. The van der Waals surface area contributed by atoms with Crippen molar-refractivity contribution in [3.8, 4) is 5.75 Å². The molecule has 0 unspecified atom stereocenters. The van der Waals surface area contributed by atoms with Gasteiger partial charge in [0, 0.05) is 19.6 Å². The molecule has 6 nitrogen and oxygen atoms in total. The fourth-order valence-corrected chi connectivity index (χ4v) is 1.64. The molecule has 0 atom stereocenters. The second kappa shape index (κ2) is 5.67. The molecule has 1 fully saturated rings. The smallest absolute Gasteiger partial charge is 0.260 e. The number of rotatable bonds is 4. The number of hydrogen-bond donors (Lipinski definition) is 0. The van der Waals surface area contributed by atoms with Gasteiger partial charge in [-0.25, -0.2) is 0 Å². The summed E-state index contributed by atoms with van der Waals surface area (Å²) in [6.07, 6.45) is 3.41. The molecular weight excluding hydrogens is 222 g/mol. The highest BCUT2D eigenvalue weighted by atomic mass is 16.5. The van der Waals surface area contributed by atoms with E-state index in [1.54, 1.807) is 22.0 Å². The monoisotopic (exact) mass is 239 g/mol. The van der Waals surface area contributed by atoms with Crippen molar-refractivity contribution in [3.63, 3.8) is 0 Å². The van der Waals surface area contributed by atoms with Gasteiger partial charge in [-0.2, -0.15) is 5.10 Å². The van der Waals surface area contributed by atoms with Crippen LogP contribution >= 0.6 is 0 Å². The van der Waals surface area contributed by atoms with Crippen molar-refractivity contribution in [2.45, 2.75) is 13.5 Å². The average molecular weight is 239 g/mol. The molecule has 0 spiro atoms. The highest BCUT2D eigenvalue weighted by molar-refractivity contribution is 5.77. The zero-order chi connectivity index (χ0) is 12.1. The lowest BCUT2D eigenvalue weighted by Gasteiger charge is -2.26. The summed E-state index contributed by atoms with van der Waals surface area (Å²) in [5.41, 5.74) is 0. The van der Waals surface area contributed by atoms with Crippen LogP contribution in [-0.2, 0) is 16.1 Å². The lowest BCUT2D eigenvalue weighted by atomic mass is 10.4. The zero-order valence-corrected chi connectivity index (χ0v) is 9.96. The van der Waals surface area contributed by atoms with Crippen molar-refractivity contribution >= 4 is 5.91 Å². The molecule has 0 aromatic carbocycles. The summed E-state index contributed by atoms with van der Waals surface area (Å²) in [4.78, 5) is 13.5. The van der Waals surface area contributed by atoms with E-state index in [2.05, 4.69) is 5.10 Å². The molecule has 0 N–H and O–H groups in total. The third-order valence-corrected chi connectivity index (χ3v) is 2.66. The second-order valence-electron chi connectivity index (χ2n) is 3.81. The number of amides is 1. The fourth-order valence-electron chi connectivity index (χ4n) is 1.64. The predicted molar refractivity (Wildman–Crippen MR) is 60.8 cm³/mol. The molecule has 6 heteroatoms. The van der Waals surface area contributed by atoms with Gasteiger partial charge in [0.15, 0.2) is 12.4 Å². The van der Waals surface area contributed by atoms with Gasteiger partial charge in [-0.05, 0) is 6.92 Å². The molecule has 0 saturated carbocycles. The summed E-state index contributed by atoms with van der Waals surface area (Å²) in [7, 11) is 0. The highest BCUT2D eigenvalue weighted by Crippen LogP contribution is 2.08. The van der Waals surface area contributed by atoms with Crippen molar-refractivity contribution in [1.82, 2.24) is 14.7 Å². The summed E-state index contributed by atoms with van der Waals surface area (Å²) in [5, 5.41) is 4.07. The van der Waals surface area contributed by atoms with Crippen LogP contribution in [0.5, 0.6) is 5.75 Å². The fraction of sp³-hybridized carbons (Fsp3) is 0.636. The lowest BCUT2D eigenvalue weighted by Crippen LogP contribution is -2.42. The van der Waals surface area contributed by atoms with E-state index < -0.39 is 0 Å². The van der Waals surface area contributed by atoms with Gasteiger partial charge in [-0.1, -0.05) is 0 Å². The Labute approximate surface area is 100 Å². The molecule has 1 aromatic rings. The first-order valence-corrected chi connectivity index (χ1v) is 5.80. The molecule has 1 aromatic heterocycles. The van der Waals surface area contributed by atoms with Crippen LogP contribution < -0.4 is 4.74 Å². The summed E-state index contributed by atoms with van der Waals surface area (Å²) in [6, 6.07) is 0. The van der Waals surface area contributed by atoms with Crippen LogP contribution in [0.2, 0.25) is 0 Å². The maximum atomic E-state index is 11.8. The van der Waals surface area contributed by atoms with Crippen LogP contribution in [0.25, 0.3) is 0 Å². The van der Waals surface area contributed by atoms with Gasteiger partial charge in [0.2, 0.25) is 0 Å². The first-order chi connectivity index (χ1) is 8.29. The van der Waals surface area contributed by atoms with Gasteiger partial charge in [-0.3, -0.25) is 9.48 Å². The van der Waals surface area contributed by atoms with Gasteiger partial charge in [0.05, 0.1) is 25.6 Å². The SMILES string of the molecule is CCn1cc(OCC(=O)N2CCOCC2)cn1. The van der Waals surface area contributed by atoms with E-state index in [1.807, 2.05) is 6.92 Å². The van der Waals surface area contributed by atoms with Crippen LogP contribution in [0.15, 0.2) is 12.4 Å². The first kappa shape index (κ1) is 11.9. The van der Waals surface area contributed by atoms with E-state index >= 15 is 0 Å². The van der Waals surface area contributed by atoms with E-state index in [9.17, 15) is 4.79 Å². The van der Waals surface area contributed by atoms with Gasteiger partial charge >= 0.3 is 0 Å². The van der Waals surface area contributed by atoms with Crippen molar-refractivity contribution < 1.29 is 14.3 Å². The van der Waals surface area contributed by atoms with Crippen molar-refractivity contribution in [3.05, 3.63) is 12.4 Å². The predicted octanol–water partition coefficient (Wildman–Crippen LogP) is 0.141. The molecule has 0 radical (unpaired) electrons. The number of hydrogen-bond acceptors (Lipinski definition) is 4. The van der Waals surface area contributed by atoms with E-state index in [4.69, 9.17) is 9.47 Å². The molecule has 1 aliphatic heterocycles. The normalized spacial score (nSPS) is 15.9. The molecule has 0 aliphatic carbocycles. The van der Waals surface area contributed by atoms with E-state index in [0.29, 0.717) is 32.1 Å². The number of ether oxygens (including phenoxy) is 2. The minimum Gasteiger partial charge on any atom is -0.480 e. The maximum Gasteiger partial charge on any atom is 0.260 e. The van der Waals surface area contributed by atoms with Gasteiger partial charge < -0.3 is 14.4 Å². The Balaban J connectivity index is 1.78. The summed E-state index contributed by atoms with van der Waals surface area (Å²) in [5.74, 6) is 0.631. The van der Waals surface area contributed by atoms with Crippen molar-refractivity contribution in [2.24, 2.45) is 0 Å². The summed E-state index contributed by atoms with van der Waals surface area (Å²) in [6.45, 7) is 5.37. The third kappa shape index (κ3) is 3.20. The molecule has 0 bridgehead atoms. The van der Waals surface area contributed by atoms with Crippen LogP contribution in [0, 0.1) is 0 Å². The van der Waals surface area contributed by atoms with Crippen LogP contribution in [0.4, 0.5) is 0 Å². The minimum absolute atomic E-state index is 0.00227. The zero-order valence-electron chi connectivity index (χ0n) is 9.96. The second-order valence-corrected chi connectivity index (χ2v) is 3.81. The lowest BCUT2D eigenvalue weighted by molar-refractivity contribution is -0.137. The van der Waals surface area contributed by atoms with Crippen LogP contribution in [0.3, 0.4) is 0 Å². The third-order valence-electron chi connectivity index (χ3n) is 2.66. The number of aromatic nitrogens is 2.